The average Bonchev–Trinajstić information content (AvgIpc) is 2.72. The number of nitrogens with zero attached hydrogens (tertiary/aromatic N) is 4. The van der Waals surface area contributed by atoms with Crippen molar-refractivity contribution in [1.82, 2.24) is 20.2 Å². The van der Waals surface area contributed by atoms with Crippen molar-refractivity contribution in [3.05, 3.63) is 35.2 Å². The largest absolute Gasteiger partial charge is 0.478 e. The standard InChI is InChI=1S/C11H13N5O2/c1-7-3-8(11(17)18)5-9(4-7)12-6-10-13-15-16(2)14-10/h3-5,12H,6H2,1-2H3,(H,17,18). The Labute approximate surface area is 103 Å². The summed E-state index contributed by atoms with van der Waals surface area (Å²) in [5, 5.41) is 23.6. The number of aryl methyl sites for hydroxylation is 2. The fourth-order valence-corrected chi connectivity index (χ4v) is 1.58. The Kier molecular flexibility index (Phi) is 3.22. The Morgan fingerprint density at radius 3 is 2.83 bits per heavy atom. The summed E-state index contributed by atoms with van der Waals surface area (Å²) >= 11 is 0. The molecule has 0 aliphatic rings. The van der Waals surface area contributed by atoms with Crippen LogP contribution in [-0.4, -0.2) is 31.3 Å². The lowest BCUT2D eigenvalue weighted by atomic mass is 10.1. The van der Waals surface area contributed by atoms with Crippen molar-refractivity contribution < 1.29 is 9.90 Å². The van der Waals surface area contributed by atoms with Crippen LogP contribution in [0.15, 0.2) is 18.2 Å². The van der Waals surface area contributed by atoms with Gasteiger partial charge in [-0.3, -0.25) is 0 Å². The van der Waals surface area contributed by atoms with E-state index in [1.165, 1.54) is 4.80 Å². The molecule has 7 heteroatoms. The van der Waals surface area contributed by atoms with Crippen LogP contribution in [0.4, 0.5) is 5.69 Å². The average molecular weight is 247 g/mol. The third kappa shape index (κ3) is 2.82. The maximum atomic E-state index is 10.9. The van der Waals surface area contributed by atoms with E-state index in [1.54, 1.807) is 19.2 Å². The Balaban J connectivity index is 2.11. The molecule has 0 fully saturated rings. The van der Waals surface area contributed by atoms with Gasteiger partial charge in [-0.15, -0.1) is 10.2 Å². The zero-order chi connectivity index (χ0) is 13.1. The molecular formula is C11H13N5O2. The molecule has 0 aliphatic heterocycles. The molecule has 7 nitrogen and oxygen atoms in total. The summed E-state index contributed by atoms with van der Waals surface area (Å²) < 4.78 is 0. The fraction of sp³-hybridized carbons (Fsp3) is 0.273. The van der Waals surface area contributed by atoms with E-state index in [0.717, 1.165) is 11.3 Å². The van der Waals surface area contributed by atoms with E-state index in [1.807, 2.05) is 13.0 Å². The normalized spacial score (nSPS) is 10.3. The summed E-state index contributed by atoms with van der Waals surface area (Å²) in [5.74, 6) is -0.393. The second-order valence-electron chi connectivity index (χ2n) is 3.94. The van der Waals surface area contributed by atoms with Crippen LogP contribution in [0.1, 0.15) is 21.7 Å². The van der Waals surface area contributed by atoms with Crippen molar-refractivity contribution >= 4 is 11.7 Å². The highest BCUT2D eigenvalue weighted by atomic mass is 16.4. The minimum Gasteiger partial charge on any atom is -0.478 e. The first-order valence-electron chi connectivity index (χ1n) is 5.36. The van der Waals surface area contributed by atoms with Crippen molar-refractivity contribution in [2.24, 2.45) is 7.05 Å². The van der Waals surface area contributed by atoms with Gasteiger partial charge in [0.05, 0.1) is 19.2 Å². The van der Waals surface area contributed by atoms with Crippen LogP contribution in [-0.2, 0) is 13.6 Å². The summed E-state index contributed by atoms with van der Waals surface area (Å²) in [7, 11) is 1.69. The molecule has 2 aromatic rings. The van der Waals surface area contributed by atoms with Crippen LogP contribution in [0.25, 0.3) is 0 Å². The molecule has 0 spiro atoms. The van der Waals surface area contributed by atoms with Crippen LogP contribution in [0.5, 0.6) is 0 Å². The predicted molar refractivity (Wildman–Crippen MR) is 64.3 cm³/mol. The summed E-state index contributed by atoms with van der Waals surface area (Å²) in [6, 6.07) is 5.06. The zero-order valence-electron chi connectivity index (χ0n) is 10.1. The molecule has 0 saturated carbocycles. The Hall–Kier alpha value is -2.44. The topological polar surface area (TPSA) is 92.9 Å². The molecule has 0 unspecified atom stereocenters. The number of hydrogen-bond acceptors (Lipinski definition) is 5. The SMILES string of the molecule is Cc1cc(NCc2nnn(C)n2)cc(C(=O)O)c1. The number of hydrogen-bond donors (Lipinski definition) is 2. The highest BCUT2D eigenvalue weighted by Crippen LogP contribution is 2.15. The zero-order valence-corrected chi connectivity index (χ0v) is 10.1. The number of aromatic carboxylic acids is 1. The van der Waals surface area contributed by atoms with E-state index in [2.05, 4.69) is 20.7 Å². The van der Waals surface area contributed by atoms with Gasteiger partial charge in [0.25, 0.3) is 0 Å². The maximum absolute atomic E-state index is 10.9. The number of rotatable bonds is 4. The fourth-order valence-electron chi connectivity index (χ4n) is 1.58. The highest BCUT2D eigenvalue weighted by molar-refractivity contribution is 5.89. The van der Waals surface area contributed by atoms with Crippen LogP contribution in [0, 0.1) is 6.92 Å². The number of carboxylic acid groups (broad SMARTS) is 1. The monoisotopic (exact) mass is 247 g/mol. The third-order valence-electron chi connectivity index (χ3n) is 2.32. The van der Waals surface area contributed by atoms with Crippen LogP contribution in [0.2, 0.25) is 0 Å². The van der Waals surface area contributed by atoms with E-state index in [9.17, 15) is 4.79 Å². The van der Waals surface area contributed by atoms with Crippen LogP contribution in [0.3, 0.4) is 0 Å². The molecule has 0 bridgehead atoms. The molecule has 2 rings (SSSR count). The van der Waals surface area contributed by atoms with Gasteiger partial charge < -0.3 is 10.4 Å². The van der Waals surface area contributed by atoms with Crippen molar-refractivity contribution in [1.29, 1.82) is 0 Å². The first-order valence-corrected chi connectivity index (χ1v) is 5.36. The van der Waals surface area contributed by atoms with Gasteiger partial charge in [-0.25, -0.2) is 4.79 Å². The lowest BCUT2D eigenvalue weighted by Gasteiger charge is -2.06. The molecule has 1 aromatic carbocycles. The van der Waals surface area contributed by atoms with Crippen LogP contribution < -0.4 is 5.32 Å². The Bertz CT molecular complexity index is 579. The molecule has 1 aromatic heterocycles. The van der Waals surface area contributed by atoms with Crippen molar-refractivity contribution in [2.45, 2.75) is 13.5 Å². The second kappa shape index (κ2) is 4.82. The second-order valence-corrected chi connectivity index (χ2v) is 3.94. The molecule has 94 valence electrons. The number of anilines is 1. The number of carbonyl (C=O) groups is 1. The quantitative estimate of drug-likeness (QED) is 0.831. The number of benzene rings is 1. The molecule has 0 saturated heterocycles. The minimum absolute atomic E-state index is 0.254. The maximum Gasteiger partial charge on any atom is 0.335 e. The van der Waals surface area contributed by atoms with Gasteiger partial charge in [0.2, 0.25) is 0 Å². The van der Waals surface area contributed by atoms with E-state index in [0.29, 0.717) is 12.4 Å². The lowest BCUT2D eigenvalue weighted by molar-refractivity contribution is 0.0697. The smallest absolute Gasteiger partial charge is 0.335 e. The van der Waals surface area contributed by atoms with E-state index < -0.39 is 5.97 Å². The first-order chi connectivity index (χ1) is 8.54. The van der Waals surface area contributed by atoms with Gasteiger partial charge in [0.15, 0.2) is 5.82 Å². The summed E-state index contributed by atoms with van der Waals surface area (Å²) in [6.45, 7) is 2.24. The third-order valence-corrected chi connectivity index (χ3v) is 2.32. The van der Waals surface area contributed by atoms with Gasteiger partial charge in [-0.05, 0) is 35.9 Å². The first kappa shape index (κ1) is 12.0. The van der Waals surface area contributed by atoms with Crippen molar-refractivity contribution in [3.63, 3.8) is 0 Å². The Morgan fingerprint density at radius 1 is 1.44 bits per heavy atom. The number of carboxylic acids is 1. The molecule has 18 heavy (non-hydrogen) atoms. The molecule has 0 atom stereocenters. The number of aromatic nitrogens is 4. The van der Waals surface area contributed by atoms with Crippen molar-refractivity contribution in [2.75, 3.05) is 5.32 Å². The van der Waals surface area contributed by atoms with Gasteiger partial charge in [-0.2, -0.15) is 4.80 Å². The predicted octanol–water partition coefficient (Wildman–Crippen LogP) is 0.829. The lowest BCUT2D eigenvalue weighted by Crippen LogP contribution is -2.04. The molecular weight excluding hydrogens is 234 g/mol. The summed E-state index contributed by atoms with van der Waals surface area (Å²) in [4.78, 5) is 12.3. The van der Waals surface area contributed by atoms with Gasteiger partial charge in [-0.1, -0.05) is 0 Å². The molecule has 1 heterocycles. The van der Waals surface area contributed by atoms with Crippen LogP contribution >= 0.6 is 0 Å². The Morgan fingerprint density at radius 2 is 2.22 bits per heavy atom. The van der Waals surface area contributed by atoms with E-state index in [4.69, 9.17) is 5.11 Å². The highest BCUT2D eigenvalue weighted by Gasteiger charge is 2.06. The van der Waals surface area contributed by atoms with Gasteiger partial charge >= 0.3 is 5.97 Å². The summed E-state index contributed by atoms with van der Waals surface area (Å²) in [5.41, 5.74) is 1.86. The summed E-state index contributed by atoms with van der Waals surface area (Å²) in [6.07, 6.45) is 0. The molecule has 0 radical (unpaired) electrons. The van der Waals surface area contributed by atoms with E-state index in [-0.39, 0.29) is 5.56 Å². The number of nitrogens with one attached hydrogen (secondary N) is 1. The minimum atomic E-state index is -0.945. The van der Waals surface area contributed by atoms with Gasteiger partial charge in [0, 0.05) is 5.69 Å². The van der Waals surface area contributed by atoms with Crippen molar-refractivity contribution in [3.8, 4) is 0 Å². The molecule has 0 aliphatic carbocycles. The van der Waals surface area contributed by atoms with Gasteiger partial charge in [0.1, 0.15) is 0 Å². The molecule has 2 N–H and O–H groups in total. The number of tetrazole rings is 1. The molecule has 0 amide bonds. The van der Waals surface area contributed by atoms with E-state index >= 15 is 0 Å².